The van der Waals surface area contributed by atoms with E-state index in [1.807, 2.05) is 51.8 Å². The van der Waals surface area contributed by atoms with Crippen molar-refractivity contribution in [1.82, 2.24) is 4.90 Å². The molecule has 124 valence electrons. The van der Waals surface area contributed by atoms with Gasteiger partial charge in [-0.2, -0.15) is 0 Å². The van der Waals surface area contributed by atoms with Gasteiger partial charge in [0.2, 0.25) is 5.91 Å². The summed E-state index contributed by atoms with van der Waals surface area (Å²) in [6, 6.07) is 7.81. The molecule has 0 spiro atoms. The first-order chi connectivity index (χ1) is 10.8. The third-order valence-corrected chi connectivity index (χ3v) is 4.17. The van der Waals surface area contributed by atoms with E-state index >= 15 is 0 Å². The van der Waals surface area contributed by atoms with Crippen LogP contribution in [-0.4, -0.2) is 23.9 Å². The highest BCUT2D eigenvalue weighted by atomic mass is 16.3. The first-order valence-electron chi connectivity index (χ1n) is 7.92. The minimum Gasteiger partial charge on any atom is -0.465 e. The molecule has 0 fully saturated rings. The maximum atomic E-state index is 12.6. The Labute approximate surface area is 138 Å². The third kappa shape index (κ3) is 4.23. The minimum atomic E-state index is -0.250. The summed E-state index contributed by atoms with van der Waals surface area (Å²) in [5, 5.41) is 3.07. The quantitative estimate of drug-likeness (QED) is 0.908. The molecule has 0 saturated heterocycles. The normalized spacial score (nSPS) is 12.5. The molecule has 1 atom stereocenters. The summed E-state index contributed by atoms with van der Waals surface area (Å²) in [5.74, 6) is 1.74. The lowest BCUT2D eigenvalue weighted by atomic mass is 10.0. The molecule has 2 aromatic rings. The van der Waals surface area contributed by atoms with Gasteiger partial charge >= 0.3 is 0 Å². The van der Waals surface area contributed by atoms with Gasteiger partial charge in [-0.25, -0.2) is 0 Å². The summed E-state index contributed by atoms with van der Waals surface area (Å²) >= 11 is 0. The van der Waals surface area contributed by atoms with Crippen molar-refractivity contribution in [3.63, 3.8) is 0 Å². The largest absolute Gasteiger partial charge is 0.465 e. The van der Waals surface area contributed by atoms with Crippen LogP contribution in [-0.2, 0) is 11.3 Å². The highest BCUT2D eigenvalue weighted by Gasteiger charge is 2.20. The molecule has 0 aliphatic rings. The average molecular weight is 314 g/mol. The Morgan fingerprint density at radius 2 is 1.78 bits per heavy atom. The summed E-state index contributed by atoms with van der Waals surface area (Å²) in [4.78, 5) is 14.5. The standard InChI is InChI=1S/C19H26N2O2/c1-12-9-13(2)18(14(3)10-12)20-19(22)16(5)21(6)11-17-8-7-15(4)23-17/h7-10,16H,11H2,1-6H3,(H,20,22)/t16-/m0/s1. The number of hydrogen-bond acceptors (Lipinski definition) is 3. The second-order valence-electron chi connectivity index (χ2n) is 6.37. The van der Waals surface area contributed by atoms with Gasteiger partial charge in [0, 0.05) is 5.69 Å². The lowest BCUT2D eigenvalue weighted by Crippen LogP contribution is -2.39. The predicted molar refractivity (Wildman–Crippen MR) is 93.7 cm³/mol. The molecule has 2 rings (SSSR count). The minimum absolute atomic E-state index is 0.00849. The molecule has 0 aliphatic carbocycles. The Bertz CT molecular complexity index is 680. The number of likely N-dealkylation sites (N-methyl/N-ethyl adjacent to an activating group) is 1. The Balaban J connectivity index is 2.05. The van der Waals surface area contributed by atoms with Crippen molar-refractivity contribution in [3.05, 3.63) is 52.5 Å². The van der Waals surface area contributed by atoms with Crippen LogP contribution in [0.4, 0.5) is 5.69 Å². The molecule has 1 N–H and O–H groups in total. The molecule has 0 aliphatic heterocycles. The number of carbonyl (C=O) groups excluding carboxylic acids is 1. The van der Waals surface area contributed by atoms with Gasteiger partial charge in [-0.1, -0.05) is 17.7 Å². The van der Waals surface area contributed by atoms with Crippen LogP contribution in [0.1, 0.15) is 35.1 Å². The molecule has 4 heteroatoms. The van der Waals surface area contributed by atoms with Crippen molar-refractivity contribution in [2.24, 2.45) is 0 Å². The van der Waals surface area contributed by atoms with Crippen LogP contribution in [0.3, 0.4) is 0 Å². The van der Waals surface area contributed by atoms with Gasteiger partial charge in [-0.3, -0.25) is 9.69 Å². The van der Waals surface area contributed by atoms with Gasteiger partial charge in [-0.15, -0.1) is 0 Å². The lowest BCUT2D eigenvalue weighted by molar-refractivity contribution is -0.120. The number of hydrogen-bond donors (Lipinski definition) is 1. The highest BCUT2D eigenvalue weighted by Crippen LogP contribution is 2.22. The molecular weight excluding hydrogens is 288 g/mol. The molecular formula is C19H26N2O2. The van der Waals surface area contributed by atoms with E-state index in [-0.39, 0.29) is 11.9 Å². The van der Waals surface area contributed by atoms with Gasteiger partial charge in [0.25, 0.3) is 0 Å². The molecule has 0 radical (unpaired) electrons. The summed E-state index contributed by atoms with van der Waals surface area (Å²) in [6.45, 7) is 10.5. The Hall–Kier alpha value is -2.07. The number of aryl methyl sites for hydroxylation is 4. The second-order valence-corrected chi connectivity index (χ2v) is 6.37. The lowest BCUT2D eigenvalue weighted by Gasteiger charge is -2.24. The molecule has 0 bridgehead atoms. The molecule has 1 amide bonds. The fourth-order valence-electron chi connectivity index (χ4n) is 2.76. The van der Waals surface area contributed by atoms with E-state index in [1.165, 1.54) is 5.56 Å². The zero-order valence-electron chi connectivity index (χ0n) is 14.9. The summed E-state index contributed by atoms with van der Waals surface area (Å²) < 4.78 is 5.58. The van der Waals surface area contributed by atoms with Gasteiger partial charge in [0.1, 0.15) is 11.5 Å². The molecule has 4 nitrogen and oxygen atoms in total. The van der Waals surface area contributed by atoms with Crippen molar-refractivity contribution >= 4 is 11.6 Å². The fraction of sp³-hybridized carbons (Fsp3) is 0.421. The maximum absolute atomic E-state index is 12.6. The highest BCUT2D eigenvalue weighted by molar-refractivity contribution is 5.95. The van der Waals surface area contributed by atoms with Gasteiger partial charge in [-0.05, 0) is 64.9 Å². The number of nitrogens with zero attached hydrogens (tertiary/aromatic N) is 1. The molecule has 1 heterocycles. The van der Waals surface area contributed by atoms with Crippen LogP contribution in [0.25, 0.3) is 0 Å². The van der Waals surface area contributed by atoms with E-state index in [1.54, 1.807) is 0 Å². The monoisotopic (exact) mass is 314 g/mol. The molecule has 1 aromatic carbocycles. The first-order valence-corrected chi connectivity index (χ1v) is 7.92. The zero-order chi connectivity index (χ0) is 17.1. The number of rotatable bonds is 5. The first kappa shape index (κ1) is 17.3. The smallest absolute Gasteiger partial charge is 0.241 e. The van der Waals surface area contributed by atoms with Crippen molar-refractivity contribution in [2.45, 2.75) is 47.2 Å². The van der Waals surface area contributed by atoms with E-state index in [0.717, 1.165) is 28.3 Å². The van der Waals surface area contributed by atoms with Crippen LogP contribution < -0.4 is 5.32 Å². The van der Waals surface area contributed by atoms with E-state index < -0.39 is 0 Å². The Morgan fingerprint density at radius 3 is 2.30 bits per heavy atom. The average Bonchev–Trinajstić information content (AvgIpc) is 2.86. The van der Waals surface area contributed by atoms with Crippen molar-refractivity contribution < 1.29 is 9.21 Å². The Kier molecular flexibility index (Phi) is 5.26. The predicted octanol–water partition coefficient (Wildman–Crippen LogP) is 3.97. The van der Waals surface area contributed by atoms with E-state index in [0.29, 0.717) is 6.54 Å². The van der Waals surface area contributed by atoms with Gasteiger partial charge in [0.05, 0.1) is 12.6 Å². The van der Waals surface area contributed by atoms with E-state index in [2.05, 4.69) is 24.4 Å². The summed E-state index contributed by atoms with van der Waals surface area (Å²) in [7, 11) is 1.93. The molecule has 1 aromatic heterocycles. The van der Waals surface area contributed by atoms with Crippen molar-refractivity contribution in [2.75, 3.05) is 12.4 Å². The number of benzene rings is 1. The van der Waals surface area contributed by atoms with Gasteiger partial charge < -0.3 is 9.73 Å². The van der Waals surface area contributed by atoms with Crippen LogP contribution in [0.5, 0.6) is 0 Å². The SMILES string of the molecule is Cc1cc(C)c(NC(=O)[C@H](C)N(C)Cc2ccc(C)o2)c(C)c1. The number of furan rings is 1. The Morgan fingerprint density at radius 1 is 1.17 bits per heavy atom. The molecule has 23 heavy (non-hydrogen) atoms. The van der Waals surface area contributed by atoms with Crippen LogP contribution in [0, 0.1) is 27.7 Å². The number of anilines is 1. The summed E-state index contributed by atoms with van der Waals surface area (Å²) in [5.41, 5.74) is 4.30. The van der Waals surface area contributed by atoms with Crippen molar-refractivity contribution in [3.8, 4) is 0 Å². The van der Waals surface area contributed by atoms with Crippen molar-refractivity contribution in [1.29, 1.82) is 0 Å². The third-order valence-electron chi connectivity index (χ3n) is 4.17. The number of nitrogens with one attached hydrogen (secondary N) is 1. The van der Waals surface area contributed by atoms with E-state index in [9.17, 15) is 4.79 Å². The molecule has 0 saturated carbocycles. The van der Waals surface area contributed by atoms with Gasteiger partial charge in [0.15, 0.2) is 0 Å². The molecule has 0 unspecified atom stereocenters. The van der Waals surface area contributed by atoms with Crippen LogP contribution in [0.2, 0.25) is 0 Å². The van der Waals surface area contributed by atoms with Crippen LogP contribution >= 0.6 is 0 Å². The van der Waals surface area contributed by atoms with E-state index in [4.69, 9.17) is 4.42 Å². The fourth-order valence-corrected chi connectivity index (χ4v) is 2.76. The zero-order valence-corrected chi connectivity index (χ0v) is 14.9. The number of carbonyl (C=O) groups is 1. The second kappa shape index (κ2) is 7.01. The number of amides is 1. The maximum Gasteiger partial charge on any atom is 0.241 e. The van der Waals surface area contributed by atoms with Crippen LogP contribution in [0.15, 0.2) is 28.7 Å². The topological polar surface area (TPSA) is 45.5 Å². The summed E-state index contributed by atoms with van der Waals surface area (Å²) in [6.07, 6.45) is 0.